The average Bonchev–Trinajstić information content (AvgIpc) is 2.59. The Morgan fingerprint density at radius 3 is 2.32 bits per heavy atom. The lowest BCUT2D eigenvalue weighted by atomic mass is 10.2. The van der Waals surface area contributed by atoms with E-state index < -0.39 is 16.2 Å². The summed E-state index contributed by atoms with van der Waals surface area (Å²) in [6.45, 7) is 2.04. The molecule has 0 aliphatic carbocycles. The number of hydrogen-bond donors (Lipinski definition) is 0. The highest BCUT2D eigenvalue weighted by Gasteiger charge is 2.10. The molecule has 3 aromatic rings. The predicted octanol–water partition coefficient (Wildman–Crippen LogP) is 2.26. The molecule has 0 atom stereocenters. The highest BCUT2D eigenvalue weighted by atomic mass is 16.6. The van der Waals surface area contributed by atoms with E-state index in [9.17, 15) is 19.7 Å². The van der Waals surface area contributed by atoms with E-state index in [0.717, 1.165) is 15.7 Å². The molecule has 7 nitrogen and oxygen atoms in total. The zero-order valence-corrected chi connectivity index (χ0v) is 13.5. The van der Waals surface area contributed by atoms with Crippen LogP contribution in [0.2, 0.25) is 0 Å². The van der Waals surface area contributed by atoms with Crippen LogP contribution in [-0.2, 0) is 6.54 Å². The zero-order chi connectivity index (χ0) is 18.0. The molecule has 2 aromatic carbocycles. The maximum atomic E-state index is 12.7. The molecule has 0 N–H and O–H groups in total. The van der Waals surface area contributed by atoms with Gasteiger partial charge in [-0.1, -0.05) is 30.3 Å². The molecule has 0 saturated carbocycles. The summed E-state index contributed by atoms with van der Waals surface area (Å²) in [5, 5.41) is 10.7. The van der Waals surface area contributed by atoms with Gasteiger partial charge in [-0.05, 0) is 24.1 Å². The van der Waals surface area contributed by atoms with Gasteiger partial charge >= 0.3 is 5.69 Å². The normalized spacial score (nSPS) is 10.6. The van der Waals surface area contributed by atoms with Crippen molar-refractivity contribution in [1.82, 2.24) is 9.13 Å². The van der Waals surface area contributed by atoms with Crippen molar-refractivity contribution in [2.24, 2.45) is 0 Å². The molecule has 126 valence electrons. The molecule has 1 heterocycles. The fourth-order valence-electron chi connectivity index (χ4n) is 2.59. The van der Waals surface area contributed by atoms with E-state index in [2.05, 4.69) is 0 Å². The third-order valence-corrected chi connectivity index (χ3v) is 3.91. The molecule has 0 radical (unpaired) electrons. The monoisotopic (exact) mass is 337 g/mol. The van der Waals surface area contributed by atoms with Gasteiger partial charge in [-0.25, -0.2) is 9.36 Å². The molecule has 1 aromatic heterocycles. The molecule has 0 unspecified atom stereocenters. The van der Waals surface area contributed by atoms with Crippen molar-refractivity contribution in [3.63, 3.8) is 0 Å². The minimum atomic E-state index is -0.478. The third kappa shape index (κ3) is 3.25. The van der Waals surface area contributed by atoms with Gasteiger partial charge in [-0.3, -0.25) is 19.5 Å². The number of benzene rings is 2. The van der Waals surface area contributed by atoms with Gasteiger partial charge in [0.2, 0.25) is 0 Å². The molecule has 0 aliphatic heterocycles. The van der Waals surface area contributed by atoms with Gasteiger partial charge in [0.05, 0.1) is 17.2 Å². The van der Waals surface area contributed by atoms with Crippen LogP contribution in [0.25, 0.3) is 5.69 Å². The fourth-order valence-corrected chi connectivity index (χ4v) is 2.59. The van der Waals surface area contributed by atoms with Crippen LogP contribution >= 0.6 is 0 Å². The second-order valence-electron chi connectivity index (χ2n) is 5.61. The maximum Gasteiger partial charge on any atom is 0.335 e. The molecule has 0 saturated heterocycles. The molecule has 0 fully saturated rings. The summed E-state index contributed by atoms with van der Waals surface area (Å²) in [7, 11) is 0. The average molecular weight is 337 g/mol. The molecular formula is C18H15N3O4. The first-order valence-electron chi connectivity index (χ1n) is 7.59. The van der Waals surface area contributed by atoms with Gasteiger partial charge in [0.15, 0.2) is 0 Å². The van der Waals surface area contributed by atoms with Gasteiger partial charge in [-0.2, -0.15) is 0 Å². The summed E-state index contributed by atoms with van der Waals surface area (Å²) < 4.78 is 2.52. The van der Waals surface area contributed by atoms with Gasteiger partial charge in [-0.15, -0.1) is 0 Å². The number of aryl methyl sites for hydroxylation is 1. The van der Waals surface area contributed by atoms with Crippen molar-refractivity contribution in [2.75, 3.05) is 0 Å². The van der Waals surface area contributed by atoms with E-state index in [-0.39, 0.29) is 12.2 Å². The van der Waals surface area contributed by atoms with Crippen molar-refractivity contribution >= 4 is 5.69 Å². The van der Waals surface area contributed by atoms with Gasteiger partial charge in [0, 0.05) is 24.4 Å². The summed E-state index contributed by atoms with van der Waals surface area (Å²) in [6, 6.07) is 14.4. The molecule has 0 bridgehead atoms. The Labute approximate surface area is 142 Å². The minimum absolute atomic E-state index is 0.0130. The van der Waals surface area contributed by atoms with Gasteiger partial charge in [0.1, 0.15) is 0 Å². The smallest absolute Gasteiger partial charge is 0.296 e. The van der Waals surface area contributed by atoms with Crippen LogP contribution in [-0.4, -0.2) is 14.1 Å². The Balaban J connectivity index is 2.03. The number of para-hydroxylation sites is 1. The number of non-ortho nitro benzene ring substituents is 1. The van der Waals surface area contributed by atoms with Crippen LogP contribution in [0.1, 0.15) is 11.1 Å². The molecule has 7 heteroatoms. The van der Waals surface area contributed by atoms with E-state index in [1.165, 1.54) is 29.0 Å². The Kier molecular flexibility index (Phi) is 4.30. The van der Waals surface area contributed by atoms with E-state index in [1.807, 2.05) is 19.1 Å². The number of hydrogen-bond acceptors (Lipinski definition) is 4. The number of rotatable bonds is 4. The van der Waals surface area contributed by atoms with Crippen LogP contribution in [0.5, 0.6) is 0 Å². The summed E-state index contributed by atoms with van der Waals surface area (Å²) in [6.07, 6.45) is 1.43. The summed E-state index contributed by atoms with van der Waals surface area (Å²) in [5.74, 6) is 0. The first kappa shape index (κ1) is 16.4. The molecule has 0 amide bonds. The molecule has 0 spiro atoms. The topological polar surface area (TPSA) is 87.1 Å². The van der Waals surface area contributed by atoms with Gasteiger partial charge in [0.25, 0.3) is 11.2 Å². The SMILES string of the molecule is Cc1ccccc1-n1c(=O)ccn(Cc2ccc([N+](=O)[O-])cc2)c1=O. The summed E-state index contributed by atoms with van der Waals surface area (Å²) >= 11 is 0. The Morgan fingerprint density at radius 2 is 1.68 bits per heavy atom. The summed E-state index contributed by atoms with van der Waals surface area (Å²) in [4.78, 5) is 35.2. The highest BCUT2D eigenvalue weighted by Crippen LogP contribution is 2.13. The van der Waals surface area contributed by atoms with Crippen molar-refractivity contribution in [3.05, 3.63) is 103 Å². The van der Waals surface area contributed by atoms with Crippen LogP contribution < -0.4 is 11.2 Å². The van der Waals surface area contributed by atoms with Crippen molar-refractivity contribution in [3.8, 4) is 5.69 Å². The Bertz CT molecular complexity index is 1050. The van der Waals surface area contributed by atoms with E-state index in [0.29, 0.717) is 5.69 Å². The van der Waals surface area contributed by atoms with Crippen LogP contribution in [0.3, 0.4) is 0 Å². The summed E-state index contributed by atoms with van der Waals surface area (Å²) in [5.41, 5.74) is 1.20. The molecule has 0 aliphatic rings. The predicted molar refractivity (Wildman–Crippen MR) is 93.2 cm³/mol. The number of nitrogens with zero attached hydrogens (tertiary/aromatic N) is 3. The quantitative estimate of drug-likeness (QED) is 0.540. The first-order valence-corrected chi connectivity index (χ1v) is 7.59. The second kappa shape index (κ2) is 6.56. The van der Waals surface area contributed by atoms with E-state index in [1.54, 1.807) is 24.3 Å². The Hall–Kier alpha value is -3.48. The zero-order valence-electron chi connectivity index (χ0n) is 13.5. The maximum absolute atomic E-state index is 12.7. The van der Waals surface area contributed by atoms with Crippen LogP contribution in [0, 0.1) is 17.0 Å². The van der Waals surface area contributed by atoms with E-state index in [4.69, 9.17) is 0 Å². The lowest BCUT2D eigenvalue weighted by Crippen LogP contribution is -2.38. The van der Waals surface area contributed by atoms with Crippen molar-refractivity contribution in [1.29, 1.82) is 0 Å². The fraction of sp³-hybridized carbons (Fsp3) is 0.111. The minimum Gasteiger partial charge on any atom is -0.296 e. The molecular weight excluding hydrogens is 322 g/mol. The lowest BCUT2D eigenvalue weighted by Gasteiger charge is -2.11. The van der Waals surface area contributed by atoms with Crippen molar-refractivity contribution < 1.29 is 4.92 Å². The van der Waals surface area contributed by atoms with Crippen molar-refractivity contribution in [2.45, 2.75) is 13.5 Å². The second-order valence-corrected chi connectivity index (χ2v) is 5.61. The highest BCUT2D eigenvalue weighted by molar-refractivity contribution is 5.39. The Morgan fingerprint density at radius 1 is 1.00 bits per heavy atom. The van der Waals surface area contributed by atoms with Crippen LogP contribution in [0.15, 0.2) is 70.4 Å². The van der Waals surface area contributed by atoms with Crippen LogP contribution in [0.4, 0.5) is 5.69 Å². The van der Waals surface area contributed by atoms with Gasteiger partial charge < -0.3 is 0 Å². The molecule has 3 rings (SSSR count). The number of nitro benzene ring substituents is 1. The first-order chi connectivity index (χ1) is 12.0. The van der Waals surface area contributed by atoms with E-state index >= 15 is 0 Å². The molecule has 25 heavy (non-hydrogen) atoms. The standard InChI is InChI=1S/C18H15N3O4/c1-13-4-2-3-5-16(13)20-17(22)10-11-19(18(20)23)12-14-6-8-15(9-7-14)21(24)25/h2-11H,12H2,1H3. The number of aromatic nitrogens is 2. The lowest BCUT2D eigenvalue weighted by molar-refractivity contribution is -0.384. The largest absolute Gasteiger partial charge is 0.335 e. The third-order valence-electron chi connectivity index (χ3n) is 3.91. The number of nitro groups is 1.